The molecule has 0 atom stereocenters. The van der Waals surface area contributed by atoms with Gasteiger partial charge in [0.05, 0.1) is 23.1 Å². The first-order chi connectivity index (χ1) is 15.2. The lowest BCUT2D eigenvalue weighted by atomic mass is 10.1. The molecule has 32 heavy (non-hydrogen) atoms. The molecule has 3 rings (SSSR count). The molecule has 0 saturated carbocycles. The molecule has 0 aliphatic carbocycles. The average molecular weight is 444 g/mol. The van der Waals surface area contributed by atoms with Crippen LogP contribution in [0.1, 0.15) is 12.5 Å². The molecule has 0 spiro atoms. The van der Waals surface area contributed by atoms with Gasteiger partial charge in [0.1, 0.15) is 6.54 Å². The quantitative estimate of drug-likeness (QED) is 0.727. The molecular weight excluding hydrogens is 425 g/mol. The number of fused-ring (bicyclic) bond motifs is 1. The zero-order chi connectivity index (χ0) is 23.5. The Bertz CT molecular complexity index is 1130. The number of alkyl halides is 3. The number of carbonyl (C=O) groups is 2. The van der Waals surface area contributed by atoms with Crippen LogP contribution in [-0.2, 0) is 11.0 Å². The number of carbonyl (C=O) groups excluding carboxylic acids is 2. The fourth-order valence-electron chi connectivity index (χ4n) is 3.04. The van der Waals surface area contributed by atoms with Gasteiger partial charge in [-0.15, -0.1) is 0 Å². The number of pyridine rings is 1. The molecule has 0 unspecified atom stereocenters. The number of aromatic nitrogens is 1. The highest BCUT2D eigenvalue weighted by molar-refractivity contribution is 6.10. The summed E-state index contributed by atoms with van der Waals surface area (Å²) in [6, 6.07) is 7.02. The van der Waals surface area contributed by atoms with E-state index in [1.54, 1.807) is 6.92 Å². The third-order valence-electron chi connectivity index (χ3n) is 4.59. The largest absolute Gasteiger partial charge is 0.416 e. The predicted molar refractivity (Wildman–Crippen MR) is 116 cm³/mol. The standard InChI is InChI=1S/C21H19F3N6O2/c1-4-26-17(11-25-2)28-20(32)30-12-18(31)29(3)16-9-8-15(27-19(16)30)13-6-5-7-14(10-13)21(22,23)24/h4-11H,2,12H2,1,3H3,(H,28,32)/b17-11+,26-4?. The summed E-state index contributed by atoms with van der Waals surface area (Å²) in [4.78, 5) is 39.6. The lowest BCUT2D eigenvalue weighted by Gasteiger charge is -2.33. The lowest BCUT2D eigenvalue weighted by Crippen LogP contribution is -2.50. The maximum Gasteiger partial charge on any atom is 0.416 e. The highest BCUT2D eigenvalue weighted by atomic mass is 19.4. The van der Waals surface area contributed by atoms with Crippen molar-refractivity contribution in [2.45, 2.75) is 13.1 Å². The molecule has 8 nitrogen and oxygen atoms in total. The molecular formula is C21H19F3N6O2. The number of rotatable bonds is 4. The van der Waals surface area contributed by atoms with Crippen molar-refractivity contribution < 1.29 is 22.8 Å². The Hall–Kier alpha value is -4.02. The molecule has 11 heteroatoms. The van der Waals surface area contributed by atoms with Gasteiger partial charge in [0.25, 0.3) is 0 Å². The number of amides is 3. The summed E-state index contributed by atoms with van der Waals surface area (Å²) in [6.07, 6.45) is -1.85. The van der Waals surface area contributed by atoms with E-state index in [9.17, 15) is 22.8 Å². The second kappa shape index (κ2) is 9.00. The van der Waals surface area contributed by atoms with Crippen molar-refractivity contribution in [1.82, 2.24) is 10.3 Å². The average Bonchev–Trinajstić information content (AvgIpc) is 2.75. The SMILES string of the molecule is C=N/C=C(\N=CC)NC(=O)N1CC(=O)N(C)c2ccc(-c3cccc(C(F)(F)F)c3)nc21. The molecule has 0 saturated heterocycles. The van der Waals surface area contributed by atoms with E-state index in [-0.39, 0.29) is 35.3 Å². The molecule has 3 amide bonds. The number of anilines is 2. The van der Waals surface area contributed by atoms with Crippen molar-refractivity contribution in [2.24, 2.45) is 9.98 Å². The Morgan fingerprint density at radius 3 is 2.69 bits per heavy atom. The van der Waals surface area contributed by atoms with Crippen LogP contribution in [0.5, 0.6) is 0 Å². The lowest BCUT2D eigenvalue weighted by molar-refractivity contribution is -0.137. The molecule has 1 aliphatic rings. The Morgan fingerprint density at radius 2 is 2.03 bits per heavy atom. The number of hydrogen-bond acceptors (Lipinski definition) is 5. The van der Waals surface area contributed by atoms with Crippen LogP contribution in [0, 0.1) is 0 Å². The molecule has 2 aromatic rings. The van der Waals surface area contributed by atoms with Crippen molar-refractivity contribution in [3.63, 3.8) is 0 Å². The van der Waals surface area contributed by atoms with E-state index in [1.807, 2.05) is 0 Å². The summed E-state index contributed by atoms with van der Waals surface area (Å²) in [6.45, 7) is 4.63. The van der Waals surface area contributed by atoms with Crippen LogP contribution in [0.3, 0.4) is 0 Å². The number of halogens is 3. The predicted octanol–water partition coefficient (Wildman–Crippen LogP) is 3.85. The maximum atomic E-state index is 13.1. The fourth-order valence-corrected chi connectivity index (χ4v) is 3.04. The summed E-state index contributed by atoms with van der Waals surface area (Å²) in [5, 5.41) is 2.51. The van der Waals surface area contributed by atoms with Crippen LogP contribution in [-0.4, -0.2) is 43.4 Å². The Labute approximate surface area is 181 Å². The zero-order valence-corrected chi connectivity index (χ0v) is 17.2. The van der Waals surface area contributed by atoms with Gasteiger partial charge in [0.2, 0.25) is 5.91 Å². The Morgan fingerprint density at radius 1 is 1.28 bits per heavy atom. The normalized spacial score (nSPS) is 14.5. The molecule has 1 aromatic carbocycles. The molecule has 166 valence electrons. The van der Waals surface area contributed by atoms with Gasteiger partial charge in [0, 0.05) is 18.8 Å². The van der Waals surface area contributed by atoms with E-state index in [0.717, 1.165) is 17.0 Å². The zero-order valence-electron chi connectivity index (χ0n) is 17.2. The van der Waals surface area contributed by atoms with Crippen molar-refractivity contribution in [3.05, 3.63) is 54.0 Å². The van der Waals surface area contributed by atoms with Crippen molar-refractivity contribution in [2.75, 3.05) is 23.4 Å². The van der Waals surface area contributed by atoms with Crippen LogP contribution < -0.4 is 15.1 Å². The minimum absolute atomic E-state index is 0.0921. The number of nitrogens with zero attached hydrogens (tertiary/aromatic N) is 5. The van der Waals surface area contributed by atoms with Crippen molar-refractivity contribution >= 4 is 36.4 Å². The maximum absolute atomic E-state index is 13.1. The summed E-state index contributed by atoms with van der Waals surface area (Å²) in [5.74, 6) is -0.159. The van der Waals surface area contributed by atoms with Crippen molar-refractivity contribution in [3.8, 4) is 11.3 Å². The van der Waals surface area contributed by atoms with Gasteiger partial charge in [-0.1, -0.05) is 12.1 Å². The monoisotopic (exact) mass is 444 g/mol. The fraction of sp³-hybridized carbons (Fsp3) is 0.190. The minimum atomic E-state index is -4.51. The highest BCUT2D eigenvalue weighted by Gasteiger charge is 2.33. The summed E-state index contributed by atoms with van der Waals surface area (Å²) >= 11 is 0. The second-order valence-corrected chi connectivity index (χ2v) is 6.67. The second-order valence-electron chi connectivity index (χ2n) is 6.67. The van der Waals surface area contributed by atoms with Gasteiger partial charge >= 0.3 is 12.2 Å². The smallest absolute Gasteiger partial charge is 0.311 e. The first-order valence-electron chi connectivity index (χ1n) is 9.34. The van der Waals surface area contributed by atoms with E-state index >= 15 is 0 Å². The van der Waals surface area contributed by atoms with Gasteiger partial charge in [-0.2, -0.15) is 13.2 Å². The van der Waals surface area contributed by atoms with Gasteiger partial charge in [-0.3, -0.25) is 20.0 Å². The van der Waals surface area contributed by atoms with Crippen LogP contribution in [0.2, 0.25) is 0 Å². The molecule has 1 N–H and O–H groups in total. The minimum Gasteiger partial charge on any atom is -0.311 e. The van der Waals surface area contributed by atoms with E-state index in [1.165, 1.54) is 48.6 Å². The molecule has 0 bridgehead atoms. The van der Waals surface area contributed by atoms with E-state index in [0.29, 0.717) is 5.69 Å². The molecule has 2 heterocycles. The molecule has 0 fully saturated rings. The Kier molecular flexibility index (Phi) is 6.37. The topological polar surface area (TPSA) is 90.3 Å². The van der Waals surface area contributed by atoms with Crippen LogP contribution >= 0.6 is 0 Å². The number of aliphatic imine (C=N–C) groups is 2. The van der Waals surface area contributed by atoms with Gasteiger partial charge in [0.15, 0.2) is 11.6 Å². The third-order valence-corrected chi connectivity index (χ3v) is 4.59. The van der Waals surface area contributed by atoms with E-state index in [4.69, 9.17) is 0 Å². The van der Waals surface area contributed by atoms with Gasteiger partial charge in [-0.05, 0) is 37.9 Å². The van der Waals surface area contributed by atoms with Crippen molar-refractivity contribution in [1.29, 1.82) is 0 Å². The number of nitrogens with one attached hydrogen (secondary N) is 1. The first kappa shape index (κ1) is 22.7. The van der Waals surface area contributed by atoms with Gasteiger partial charge in [-0.25, -0.2) is 14.8 Å². The number of benzene rings is 1. The number of hydrogen-bond donors (Lipinski definition) is 1. The van der Waals surface area contributed by atoms with Crippen LogP contribution in [0.15, 0.2) is 58.4 Å². The molecule has 0 radical (unpaired) electrons. The summed E-state index contributed by atoms with van der Waals surface area (Å²) in [7, 11) is 1.52. The van der Waals surface area contributed by atoms with Crippen LogP contribution in [0.25, 0.3) is 11.3 Å². The highest BCUT2D eigenvalue weighted by Crippen LogP contribution is 2.36. The van der Waals surface area contributed by atoms with Gasteiger partial charge < -0.3 is 4.90 Å². The molecule has 1 aliphatic heterocycles. The number of urea groups is 1. The van der Waals surface area contributed by atoms with Crippen LogP contribution in [0.4, 0.5) is 29.5 Å². The Balaban J connectivity index is 2.04. The molecule has 1 aromatic heterocycles. The first-order valence-corrected chi connectivity index (χ1v) is 9.34. The summed E-state index contributed by atoms with van der Waals surface area (Å²) < 4.78 is 39.3. The summed E-state index contributed by atoms with van der Waals surface area (Å²) in [5.41, 5.74) is -0.0564. The number of likely N-dealkylation sites (N-methyl/N-ethyl adjacent to an activating group) is 1. The van der Waals surface area contributed by atoms with E-state index in [2.05, 4.69) is 27.0 Å². The van der Waals surface area contributed by atoms with E-state index < -0.39 is 17.8 Å². The third kappa shape index (κ3) is 4.66.